The predicted molar refractivity (Wildman–Crippen MR) is 79.6 cm³/mol. The first-order valence-electron chi connectivity index (χ1n) is 6.01. The first-order chi connectivity index (χ1) is 9.26. The molecule has 1 aromatic carbocycles. The summed E-state index contributed by atoms with van der Waals surface area (Å²) >= 11 is 3.46. The van der Waals surface area contributed by atoms with Gasteiger partial charge in [-0.1, -0.05) is 12.1 Å². The molecular weight excluding hydrogens is 304 g/mol. The van der Waals surface area contributed by atoms with Crippen molar-refractivity contribution in [3.8, 4) is 5.75 Å². The Kier molecular flexibility index (Phi) is 3.25. The van der Waals surface area contributed by atoms with Crippen LogP contribution in [0.25, 0.3) is 11.0 Å². The summed E-state index contributed by atoms with van der Waals surface area (Å²) in [6.07, 6.45) is 4.67. The summed E-state index contributed by atoms with van der Waals surface area (Å²) in [6.45, 7) is 0. The molecule has 0 unspecified atom stereocenters. The molecule has 0 amide bonds. The molecule has 0 saturated carbocycles. The van der Waals surface area contributed by atoms with E-state index in [0.717, 1.165) is 27.7 Å². The van der Waals surface area contributed by atoms with E-state index in [1.807, 2.05) is 18.3 Å². The molecule has 0 spiro atoms. The fraction of sp³-hybridized carbons (Fsp3) is 0.133. The van der Waals surface area contributed by atoms with Gasteiger partial charge in [0.15, 0.2) is 0 Å². The predicted octanol–water partition coefficient (Wildman–Crippen LogP) is 3.92. The molecule has 3 nitrogen and oxygen atoms in total. The molecule has 4 heteroatoms. The summed E-state index contributed by atoms with van der Waals surface area (Å²) < 4.78 is 6.25. The van der Waals surface area contributed by atoms with Gasteiger partial charge in [-0.25, -0.2) is 4.98 Å². The molecule has 19 heavy (non-hydrogen) atoms. The number of nitrogens with one attached hydrogen (secondary N) is 1. The molecule has 0 radical (unpaired) electrons. The number of hydrogen-bond donors (Lipinski definition) is 1. The van der Waals surface area contributed by atoms with Crippen LogP contribution < -0.4 is 4.74 Å². The number of rotatable bonds is 3. The highest BCUT2D eigenvalue weighted by Gasteiger charge is 2.06. The average molecular weight is 317 g/mol. The van der Waals surface area contributed by atoms with Crippen LogP contribution in [-0.4, -0.2) is 17.1 Å². The van der Waals surface area contributed by atoms with Crippen LogP contribution >= 0.6 is 15.9 Å². The van der Waals surface area contributed by atoms with Crippen molar-refractivity contribution in [2.24, 2.45) is 0 Å². The van der Waals surface area contributed by atoms with Gasteiger partial charge in [0.05, 0.1) is 7.11 Å². The molecule has 0 atom stereocenters. The highest BCUT2D eigenvalue weighted by molar-refractivity contribution is 9.10. The second kappa shape index (κ2) is 5.05. The molecule has 0 saturated heterocycles. The van der Waals surface area contributed by atoms with Crippen LogP contribution in [-0.2, 0) is 6.42 Å². The van der Waals surface area contributed by atoms with Crippen LogP contribution in [0.15, 0.2) is 47.2 Å². The summed E-state index contributed by atoms with van der Waals surface area (Å²) in [6, 6.07) is 10.2. The Labute approximate surface area is 119 Å². The molecule has 2 aromatic heterocycles. The van der Waals surface area contributed by atoms with Gasteiger partial charge in [0.25, 0.3) is 0 Å². The summed E-state index contributed by atoms with van der Waals surface area (Å²) in [4.78, 5) is 7.55. The molecule has 0 aliphatic carbocycles. The lowest BCUT2D eigenvalue weighted by atomic mass is 10.1. The Hall–Kier alpha value is -1.81. The smallest absolute Gasteiger partial charge is 0.137 e. The first-order valence-corrected chi connectivity index (χ1v) is 6.80. The Morgan fingerprint density at radius 3 is 3.05 bits per heavy atom. The third-order valence-corrected chi connectivity index (χ3v) is 3.55. The van der Waals surface area contributed by atoms with Gasteiger partial charge in [0, 0.05) is 22.3 Å². The van der Waals surface area contributed by atoms with Gasteiger partial charge in [-0.05, 0) is 51.7 Å². The van der Waals surface area contributed by atoms with Crippen LogP contribution in [0.4, 0.5) is 0 Å². The molecule has 3 aromatic rings. The van der Waals surface area contributed by atoms with Crippen molar-refractivity contribution >= 4 is 27.0 Å². The number of fused-ring (bicyclic) bond motifs is 1. The summed E-state index contributed by atoms with van der Waals surface area (Å²) in [5.74, 6) is 0.886. The normalized spacial score (nSPS) is 10.8. The first kappa shape index (κ1) is 12.2. The van der Waals surface area contributed by atoms with Crippen LogP contribution in [0.5, 0.6) is 5.75 Å². The van der Waals surface area contributed by atoms with E-state index in [4.69, 9.17) is 4.74 Å². The van der Waals surface area contributed by atoms with Crippen molar-refractivity contribution in [2.75, 3.05) is 7.11 Å². The van der Waals surface area contributed by atoms with Gasteiger partial charge >= 0.3 is 0 Å². The SMILES string of the molecule is COc1cccc(Cc2c[nH]c3ncc(Br)cc23)c1. The van der Waals surface area contributed by atoms with E-state index in [2.05, 4.69) is 44.1 Å². The summed E-state index contributed by atoms with van der Waals surface area (Å²) in [5, 5.41) is 1.15. The van der Waals surface area contributed by atoms with Crippen LogP contribution in [0.3, 0.4) is 0 Å². The Balaban J connectivity index is 1.98. The number of H-pyrrole nitrogens is 1. The highest BCUT2D eigenvalue weighted by Crippen LogP contribution is 2.24. The standard InChI is InChI=1S/C15H13BrN2O/c1-19-13-4-2-3-10(6-13)5-11-8-17-15-14(11)7-12(16)9-18-15/h2-4,6-9H,5H2,1H3,(H,17,18). The highest BCUT2D eigenvalue weighted by atomic mass is 79.9. The molecule has 0 fully saturated rings. The monoisotopic (exact) mass is 316 g/mol. The number of hydrogen-bond acceptors (Lipinski definition) is 2. The average Bonchev–Trinajstić information content (AvgIpc) is 2.81. The Morgan fingerprint density at radius 1 is 1.32 bits per heavy atom. The van der Waals surface area contributed by atoms with Gasteiger partial charge < -0.3 is 9.72 Å². The van der Waals surface area contributed by atoms with Gasteiger partial charge in [-0.2, -0.15) is 0 Å². The van der Waals surface area contributed by atoms with E-state index in [0.29, 0.717) is 0 Å². The molecule has 0 aliphatic rings. The van der Waals surface area contributed by atoms with Gasteiger partial charge in [0.1, 0.15) is 11.4 Å². The van der Waals surface area contributed by atoms with Gasteiger partial charge in [-0.15, -0.1) is 0 Å². The zero-order valence-corrected chi connectivity index (χ0v) is 12.1. The number of ether oxygens (including phenoxy) is 1. The van der Waals surface area contributed by atoms with Crippen LogP contribution in [0.1, 0.15) is 11.1 Å². The number of aromatic amines is 1. The minimum Gasteiger partial charge on any atom is -0.497 e. The number of nitrogens with zero attached hydrogens (tertiary/aromatic N) is 1. The lowest BCUT2D eigenvalue weighted by Crippen LogP contribution is -1.89. The third kappa shape index (κ3) is 2.49. The van der Waals surface area contributed by atoms with Gasteiger partial charge in [0.2, 0.25) is 0 Å². The Bertz CT molecular complexity index is 721. The molecule has 0 bridgehead atoms. The van der Waals surface area contributed by atoms with Crippen molar-refractivity contribution in [3.63, 3.8) is 0 Å². The number of benzene rings is 1. The maximum atomic E-state index is 5.25. The zero-order chi connectivity index (χ0) is 13.2. The number of methoxy groups -OCH3 is 1. The van der Waals surface area contributed by atoms with Crippen LogP contribution in [0, 0.1) is 0 Å². The molecule has 3 rings (SSSR count). The lowest BCUT2D eigenvalue weighted by molar-refractivity contribution is 0.414. The van der Waals surface area contributed by atoms with Crippen molar-refractivity contribution in [3.05, 3.63) is 58.3 Å². The van der Waals surface area contributed by atoms with E-state index in [9.17, 15) is 0 Å². The van der Waals surface area contributed by atoms with E-state index in [-0.39, 0.29) is 0 Å². The lowest BCUT2D eigenvalue weighted by Gasteiger charge is -2.04. The fourth-order valence-electron chi connectivity index (χ4n) is 2.18. The number of pyridine rings is 1. The summed E-state index contributed by atoms with van der Waals surface area (Å²) in [5.41, 5.74) is 3.37. The fourth-order valence-corrected chi connectivity index (χ4v) is 2.51. The second-order valence-corrected chi connectivity index (χ2v) is 5.31. The van der Waals surface area contributed by atoms with E-state index >= 15 is 0 Å². The van der Waals surface area contributed by atoms with Crippen molar-refractivity contribution in [1.29, 1.82) is 0 Å². The Morgan fingerprint density at radius 2 is 2.21 bits per heavy atom. The number of aromatic nitrogens is 2. The van der Waals surface area contributed by atoms with E-state index < -0.39 is 0 Å². The van der Waals surface area contributed by atoms with E-state index in [1.165, 1.54) is 11.1 Å². The molecule has 2 heterocycles. The van der Waals surface area contributed by atoms with E-state index in [1.54, 1.807) is 13.3 Å². The maximum Gasteiger partial charge on any atom is 0.137 e. The molecular formula is C15H13BrN2O. The molecule has 0 aliphatic heterocycles. The quantitative estimate of drug-likeness (QED) is 0.795. The minimum absolute atomic E-state index is 0.856. The largest absolute Gasteiger partial charge is 0.497 e. The van der Waals surface area contributed by atoms with Gasteiger partial charge in [-0.3, -0.25) is 0 Å². The molecule has 96 valence electrons. The second-order valence-electron chi connectivity index (χ2n) is 4.39. The van der Waals surface area contributed by atoms with Crippen molar-refractivity contribution < 1.29 is 4.74 Å². The summed E-state index contributed by atoms with van der Waals surface area (Å²) in [7, 11) is 1.69. The van der Waals surface area contributed by atoms with Crippen molar-refractivity contribution in [2.45, 2.75) is 6.42 Å². The number of halogens is 1. The molecule has 1 N–H and O–H groups in total. The topological polar surface area (TPSA) is 37.9 Å². The minimum atomic E-state index is 0.856. The zero-order valence-electron chi connectivity index (χ0n) is 10.5. The van der Waals surface area contributed by atoms with Crippen LogP contribution in [0.2, 0.25) is 0 Å². The van der Waals surface area contributed by atoms with Crippen molar-refractivity contribution in [1.82, 2.24) is 9.97 Å². The maximum absolute atomic E-state index is 5.25. The third-order valence-electron chi connectivity index (χ3n) is 3.11.